The number of hydrogen-bond donors (Lipinski definition) is 0. The van der Waals surface area contributed by atoms with Crippen LogP contribution in [0.1, 0.15) is 10.4 Å². The van der Waals surface area contributed by atoms with E-state index in [0.29, 0.717) is 12.4 Å². The smallest absolute Gasteiger partial charge is 0.273 e. The van der Waals surface area contributed by atoms with Crippen LogP contribution >= 0.6 is 27.3 Å². The topological polar surface area (TPSA) is 52.4 Å². The molecular weight excluding hydrogens is 318 g/mol. The Morgan fingerprint density at radius 2 is 2.22 bits per heavy atom. The van der Waals surface area contributed by atoms with Gasteiger partial charge in [0.15, 0.2) is 0 Å². The van der Waals surface area contributed by atoms with E-state index in [0.717, 1.165) is 14.9 Å². The summed E-state index contributed by atoms with van der Waals surface area (Å²) in [5, 5.41) is 12.7. The van der Waals surface area contributed by atoms with Crippen molar-refractivity contribution < 1.29 is 9.66 Å². The number of aryl methyl sites for hydroxylation is 1. The third-order valence-corrected chi connectivity index (χ3v) is 4.33. The second-order valence-corrected chi connectivity index (χ2v) is 5.54. The molecule has 0 unspecified atom stereocenters. The van der Waals surface area contributed by atoms with Crippen LogP contribution in [-0.2, 0) is 6.61 Å². The first kappa shape index (κ1) is 13.0. The molecule has 0 aliphatic heterocycles. The summed E-state index contributed by atoms with van der Waals surface area (Å²) in [4.78, 5) is 11.3. The molecule has 1 heterocycles. The summed E-state index contributed by atoms with van der Waals surface area (Å²) in [7, 11) is 0. The summed E-state index contributed by atoms with van der Waals surface area (Å²) in [6, 6.07) is 6.57. The molecule has 0 atom stereocenters. The van der Waals surface area contributed by atoms with Crippen LogP contribution < -0.4 is 4.74 Å². The lowest BCUT2D eigenvalue weighted by atomic mass is 10.2. The monoisotopic (exact) mass is 327 g/mol. The highest BCUT2D eigenvalue weighted by atomic mass is 79.9. The van der Waals surface area contributed by atoms with E-state index >= 15 is 0 Å². The Balaban J connectivity index is 2.16. The molecule has 0 radical (unpaired) electrons. The van der Waals surface area contributed by atoms with Crippen molar-refractivity contribution in [1.29, 1.82) is 0 Å². The minimum Gasteiger partial charge on any atom is -0.487 e. The molecule has 18 heavy (non-hydrogen) atoms. The maximum absolute atomic E-state index is 10.7. The Hall–Kier alpha value is -1.40. The van der Waals surface area contributed by atoms with Crippen LogP contribution in [0.3, 0.4) is 0 Å². The minimum atomic E-state index is -0.423. The van der Waals surface area contributed by atoms with Gasteiger partial charge in [0, 0.05) is 10.5 Å². The molecule has 6 heteroatoms. The molecule has 1 aromatic heterocycles. The van der Waals surface area contributed by atoms with Crippen molar-refractivity contribution in [2.75, 3.05) is 0 Å². The number of nitrogens with zero attached hydrogens (tertiary/aromatic N) is 1. The molecule has 0 bridgehead atoms. The van der Waals surface area contributed by atoms with Crippen molar-refractivity contribution in [3.05, 3.63) is 54.7 Å². The summed E-state index contributed by atoms with van der Waals surface area (Å²) in [6.07, 6.45) is 0. The highest BCUT2D eigenvalue weighted by Crippen LogP contribution is 2.28. The van der Waals surface area contributed by atoms with Gasteiger partial charge in [0.1, 0.15) is 12.4 Å². The van der Waals surface area contributed by atoms with Crippen LogP contribution in [0.15, 0.2) is 34.1 Å². The number of rotatable bonds is 4. The van der Waals surface area contributed by atoms with Crippen LogP contribution in [0.2, 0.25) is 0 Å². The Kier molecular flexibility index (Phi) is 3.98. The van der Waals surface area contributed by atoms with Crippen LogP contribution in [0, 0.1) is 17.0 Å². The first-order chi connectivity index (χ1) is 8.58. The Morgan fingerprint density at radius 3 is 2.83 bits per heavy atom. The van der Waals surface area contributed by atoms with E-state index in [-0.39, 0.29) is 5.69 Å². The number of non-ortho nitro benzene ring substituents is 1. The van der Waals surface area contributed by atoms with Gasteiger partial charge in [-0.3, -0.25) is 10.1 Å². The fraction of sp³-hybridized carbons (Fsp3) is 0.167. The van der Waals surface area contributed by atoms with Crippen LogP contribution in [0.5, 0.6) is 5.75 Å². The highest BCUT2D eigenvalue weighted by Gasteiger charge is 2.10. The molecule has 94 valence electrons. The van der Waals surface area contributed by atoms with Gasteiger partial charge in [-0.2, -0.15) is 0 Å². The number of hydrogen-bond acceptors (Lipinski definition) is 4. The summed E-state index contributed by atoms with van der Waals surface area (Å²) in [5.74, 6) is 0.546. The van der Waals surface area contributed by atoms with E-state index in [1.54, 1.807) is 17.4 Å². The van der Waals surface area contributed by atoms with Gasteiger partial charge in [0.2, 0.25) is 0 Å². The molecule has 0 saturated carbocycles. The molecule has 0 spiro atoms. The van der Waals surface area contributed by atoms with Crippen molar-refractivity contribution >= 4 is 33.0 Å². The van der Waals surface area contributed by atoms with Crippen molar-refractivity contribution in [3.63, 3.8) is 0 Å². The molecule has 0 amide bonds. The second kappa shape index (κ2) is 5.49. The molecule has 0 aliphatic rings. The maximum atomic E-state index is 10.7. The van der Waals surface area contributed by atoms with E-state index in [4.69, 9.17) is 4.74 Å². The maximum Gasteiger partial charge on any atom is 0.273 e. The van der Waals surface area contributed by atoms with E-state index in [1.165, 1.54) is 12.1 Å². The van der Waals surface area contributed by atoms with E-state index in [1.807, 2.05) is 18.4 Å². The highest BCUT2D eigenvalue weighted by molar-refractivity contribution is 9.10. The van der Waals surface area contributed by atoms with Crippen LogP contribution in [0.4, 0.5) is 5.69 Å². The number of nitro groups is 1. The van der Waals surface area contributed by atoms with Gasteiger partial charge in [0.25, 0.3) is 5.69 Å². The Labute approximate surface area is 116 Å². The van der Waals surface area contributed by atoms with E-state index in [9.17, 15) is 10.1 Å². The van der Waals surface area contributed by atoms with E-state index < -0.39 is 4.92 Å². The summed E-state index contributed by atoms with van der Waals surface area (Å²) >= 11 is 5.00. The van der Waals surface area contributed by atoms with Crippen molar-refractivity contribution in [1.82, 2.24) is 0 Å². The Morgan fingerprint density at radius 1 is 1.44 bits per heavy atom. The lowest BCUT2D eigenvalue weighted by Gasteiger charge is -2.08. The van der Waals surface area contributed by atoms with Crippen molar-refractivity contribution in [2.45, 2.75) is 13.5 Å². The van der Waals surface area contributed by atoms with Gasteiger partial charge in [-0.05, 0) is 45.9 Å². The molecule has 4 nitrogen and oxygen atoms in total. The third-order valence-electron chi connectivity index (χ3n) is 2.43. The average molecular weight is 328 g/mol. The molecule has 2 aromatic rings. The fourth-order valence-electron chi connectivity index (χ4n) is 1.43. The lowest BCUT2D eigenvalue weighted by Crippen LogP contribution is -1.97. The zero-order valence-electron chi connectivity index (χ0n) is 9.55. The van der Waals surface area contributed by atoms with Gasteiger partial charge in [-0.25, -0.2) is 0 Å². The normalized spacial score (nSPS) is 10.3. The van der Waals surface area contributed by atoms with Crippen LogP contribution in [0.25, 0.3) is 0 Å². The minimum absolute atomic E-state index is 0.0424. The predicted octanol–water partition coefficient (Wildman–Crippen LogP) is 4.31. The molecule has 0 fully saturated rings. The van der Waals surface area contributed by atoms with Gasteiger partial charge in [0.05, 0.1) is 15.9 Å². The molecule has 0 saturated heterocycles. The summed E-state index contributed by atoms with van der Waals surface area (Å²) in [5.41, 5.74) is 0.925. The molecule has 0 N–H and O–H groups in total. The Bertz CT molecular complexity index is 582. The SMILES string of the molecule is Cc1ccc([N+](=O)[O-])cc1OCc1sccc1Br. The third kappa shape index (κ3) is 2.88. The van der Waals surface area contributed by atoms with Gasteiger partial charge in [-0.15, -0.1) is 11.3 Å². The standard InChI is InChI=1S/C12H10BrNO3S/c1-8-2-3-9(14(15)16)6-11(8)17-7-12-10(13)4-5-18-12/h2-6H,7H2,1H3. The summed E-state index contributed by atoms with van der Waals surface area (Å²) < 4.78 is 6.62. The van der Waals surface area contributed by atoms with Gasteiger partial charge < -0.3 is 4.74 Å². The first-order valence-corrected chi connectivity index (χ1v) is 6.85. The quantitative estimate of drug-likeness (QED) is 0.621. The van der Waals surface area contributed by atoms with Gasteiger partial charge in [-0.1, -0.05) is 0 Å². The molecule has 2 rings (SSSR count). The zero-order valence-corrected chi connectivity index (χ0v) is 12.0. The molecular formula is C12H10BrNO3S. The predicted molar refractivity (Wildman–Crippen MR) is 74.2 cm³/mol. The average Bonchev–Trinajstić information content (AvgIpc) is 2.73. The van der Waals surface area contributed by atoms with E-state index in [2.05, 4.69) is 15.9 Å². The number of thiophene rings is 1. The van der Waals surface area contributed by atoms with Crippen LogP contribution in [-0.4, -0.2) is 4.92 Å². The number of nitro benzene ring substituents is 1. The number of ether oxygens (including phenoxy) is 1. The largest absolute Gasteiger partial charge is 0.487 e. The molecule has 0 aliphatic carbocycles. The molecule has 1 aromatic carbocycles. The number of halogens is 1. The fourth-order valence-corrected chi connectivity index (χ4v) is 2.81. The summed E-state index contributed by atoms with van der Waals surface area (Å²) in [6.45, 7) is 2.27. The van der Waals surface area contributed by atoms with Gasteiger partial charge >= 0.3 is 0 Å². The zero-order chi connectivity index (χ0) is 13.1. The van der Waals surface area contributed by atoms with Crippen molar-refractivity contribution in [3.8, 4) is 5.75 Å². The lowest BCUT2D eigenvalue weighted by molar-refractivity contribution is -0.385. The second-order valence-electron chi connectivity index (χ2n) is 3.69. The van der Waals surface area contributed by atoms with Crippen molar-refractivity contribution in [2.24, 2.45) is 0 Å². The number of benzene rings is 1. The first-order valence-electron chi connectivity index (χ1n) is 5.17.